The van der Waals surface area contributed by atoms with Crippen molar-refractivity contribution in [3.8, 4) is 11.1 Å². The van der Waals surface area contributed by atoms with Gasteiger partial charge in [0.2, 0.25) is 0 Å². The minimum Gasteiger partial charge on any atom is -0.129 e. The highest BCUT2D eigenvalue weighted by Crippen LogP contribution is 2.47. The summed E-state index contributed by atoms with van der Waals surface area (Å²) in [4.78, 5) is 1.35. The monoisotopic (exact) mass is 264 g/mol. The Labute approximate surface area is 118 Å². The normalized spacial score (nSPS) is 14.9. The fourth-order valence-electron chi connectivity index (χ4n) is 2.66. The number of hydrogen-bond donors (Lipinski definition) is 0. The topological polar surface area (TPSA) is 0 Å². The van der Waals surface area contributed by atoms with Gasteiger partial charge >= 0.3 is 0 Å². The van der Waals surface area contributed by atoms with Crippen molar-refractivity contribution in [2.24, 2.45) is 0 Å². The van der Waals surface area contributed by atoms with E-state index in [-0.39, 0.29) is 0 Å². The second-order valence-corrected chi connectivity index (χ2v) is 5.38. The van der Waals surface area contributed by atoms with Crippen molar-refractivity contribution >= 4 is 17.3 Å². The Morgan fingerprint density at radius 2 is 1.63 bits per heavy atom. The maximum atomic E-state index is 2.23. The number of fused-ring (bicyclic) bond motifs is 3. The summed E-state index contributed by atoms with van der Waals surface area (Å²) in [6.45, 7) is 2.05. The van der Waals surface area contributed by atoms with E-state index >= 15 is 0 Å². The average molecular weight is 264 g/mol. The van der Waals surface area contributed by atoms with Crippen LogP contribution < -0.4 is 0 Å². The Morgan fingerprint density at radius 1 is 0.895 bits per heavy atom. The van der Waals surface area contributed by atoms with Crippen molar-refractivity contribution in [2.45, 2.75) is 11.8 Å². The Balaban J connectivity index is 2.34. The maximum absolute atomic E-state index is 2.23. The molecule has 1 heteroatoms. The smallest absolute Gasteiger partial charge is 0.0154 e. The van der Waals surface area contributed by atoms with E-state index in [1.54, 1.807) is 0 Å². The zero-order chi connectivity index (χ0) is 13.2. The highest BCUT2D eigenvalue weighted by atomic mass is 32.2. The standard InChI is InChI=1S/C18H16S/c1-3-4-8-15-13-9-5-6-10-14(13)16-11-7-12-17(19-2)18(15)16/h3-12H,1-2H3/b4-3+,15-8-. The van der Waals surface area contributed by atoms with Gasteiger partial charge in [-0.15, -0.1) is 11.8 Å². The molecule has 2 aromatic carbocycles. The van der Waals surface area contributed by atoms with Crippen LogP contribution in [0.3, 0.4) is 0 Å². The highest BCUT2D eigenvalue weighted by molar-refractivity contribution is 7.98. The lowest BCUT2D eigenvalue weighted by molar-refractivity contribution is 1.43. The van der Waals surface area contributed by atoms with Gasteiger partial charge in [-0.05, 0) is 41.5 Å². The predicted octanol–water partition coefficient (Wildman–Crippen LogP) is 5.40. The van der Waals surface area contributed by atoms with E-state index in [9.17, 15) is 0 Å². The van der Waals surface area contributed by atoms with Gasteiger partial charge in [0.05, 0.1) is 0 Å². The van der Waals surface area contributed by atoms with E-state index < -0.39 is 0 Å². The van der Waals surface area contributed by atoms with Crippen LogP contribution in [0.1, 0.15) is 18.1 Å². The van der Waals surface area contributed by atoms with Crippen LogP contribution in [0, 0.1) is 0 Å². The molecule has 2 aromatic rings. The third kappa shape index (κ3) is 1.95. The number of benzene rings is 2. The van der Waals surface area contributed by atoms with Crippen molar-refractivity contribution in [1.29, 1.82) is 0 Å². The van der Waals surface area contributed by atoms with Crippen LogP contribution in [-0.2, 0) is 0 Å². The van der Waals surface area contributed by atoms with Gasteiger partial charge in [-0.2, -0.15) is 0 Å². The molecule has 1 aliphatic rings. The van der Waals surface area contributed by atoms with E-state index in [2.05, 4.69) is 73.9 Å². The second kappa shape index (κ2) is 5.10. The summed E-state index contributed by atoms with van der Waals surface area (Å²) in [7, 11) is 0. The predicted molar refractivity (Wildman–Crippen MR) is 85.6 cm³/mol. The van der Waals surface area contributed by atoms with E-state index in [1.807, 2.05) is 11.8 Å². The van der Waals surface area contributed by atoms with Gasteiger partial charge in [-0.1, -0.05) is 54.6 Å². The largest absolute Gasteiger partial charge is 0.129 e. The maximum Gasteiger partial charge on any atom is 0.0154 e. The minimum absolute atomic E-state index is 1.34. The van der Waals surface area contributed by atoms with Crippen LogP contribution in [0.2, 0.25) is 0 Å². The van der Waals surface area contributed by atoms with Crippen LogP contribution >= 0.6 is 11.8 Å². The molecular formula is C18H16S. The first kappa shape index (κ1) is 12.3. The van der Waals surface area contributed by atoms with Crippen LogP contribution in [0.4, 0.5) is 0 Å². The quantitative estimate of drug-likeness (QED) is 0.559. The first-order chi connectivity index (χ1) is 9.36. The van der Waals surface area contributed by atoms with E-state index in [0.29, 0.717) is 0 Å². The van der Waals surface area contributed by atoms with Crippen LogP contribution in [-0.4, -0.2) is 6.26 Å². The Morgan fingerprint density at radius 3 is 2.37 bits per heavy atom. The van der Waals surface area contributed by atoms with Crippen molar-refractivity contribution in [3.05, 3.63) is 71.8 Å². The third-order valence-electron chi connectivity index (χ3n) is 3.48. The molecule has 0 N–H and O–H groups in total. The molecule has 0 nitrogen and oxygen atoms in total. The van der Waals surface area contributed by atoms with Gasteiger partial charge < -0.3 is 0 Å². The van der Waals surface area contributed by atoms with E-state index in [1.165, 1.54) is 32.7 Å². The average Bonchev–Trinajstić information content (AvgIpc) is 2.79. The summed E-state index contributed by atoms with van der Waals surface area (Å²) in [5.74, 6) is 0. The molecule has 3 rings (SSSR count). The molecule has 0 bridgehead atoms. The fourth-order valence-corrected chi connectivity index (χ4v) is 3.30. The van der Waals surface area contributed by atoms with Gasteiger partial charge in [-0.3, -0.25) is 0 Å². The molecule has 0 atom stereocenters. The Bertz CT molecular complexity index is 678. The minimum atomic E-state index is 1.34. The molecule has 0 aliphatic heterocycles. The van der Waals surface area contributed by atoms with Crippen molar-refractivity contribution < 1.29 is 0 Å². The zero-order valence-corrected chi connectivity index (χ0v) is 12.0. The molecule has 0 saturated carbocycles. The molecule has 0 radical (unpaired) electrons. The summed E-state index contributed by atoms with van der Waals surface area (Å²) in [5, 5.41) is 0. The van der Waals surface area contributed by atoms with Gasteiger partial charge in [0, 0.05) is 10.5 Å². The lowest BCUT2D eigenvalue weighted by Gasteiger charge is -2.07. The third-order valence-corrected chi connectivity index (χ3v) is 4.26. The van der Waals surface area contributed by atoms with E-state index in [0.717, 1.165) is 0 Å². The molecule has 1 aliphatic carbocycles. The second-order valence-electron chi connectivity index (χ2n) is 4.53. The van der Waals surface area contributed by atoms with Crippen molar-refractivity contribution in [3.63, 3.8) is 0 Å². The van der Waals surface area contributed by atoms with Crippen LogP contribution in [0.15, 0.2) is 65.6 Å². The van der Waals surface area contributed by atoms with Crippen molar-refractivity contribution in [2.75, 3.05) is 6.26 Å². The van der Waals surface area contributed by atoms with Gasteiger partial charge in [0.15, 0.2) is 0 Å². The summed E-state index contributed by atoms with van der Waals surface area (Å²) >= 11 is 1.82. The van der Waals surface area contributed by atoms with Gasteiger partial charge in [0.25, 0.3) is 0 Å². The molecule has 0 saturated heterocycles. The summed E-state index contributed by atoms with van der Waals surface area (Å²) in [5.41, 5.74) is 6.78. The highest BCUT2D eigenvalue weighted by Gasteiger charge is 2.24. The summed E-state index contributed by atoms with van der Waals surface area (Å²) in [6.07, 6.45) is 8.57. The van der Waals surface area contributed by atoms with Crippen LogP contribution in [0.5, 0.6) is 0 Å². The molecular weight excluding hydrogens is 248 g/mol. The Kier molecular flexibility index (Phi) is 3.31. The molecule has 0 aromatic heterocycles. The number of thioether (sulfide) groups is 1. The molecule has 0 spiro atoms. The summed E-state index contributed by atoms with van der Waals surface area (Å²) < 4.78 is 0. The van der Waals surface area contributed by atoms with Gasteiger partial charge in [0.1, 0.15) is 0 Å². The number of allylic oxidation sites excluding steroid dienone is 3. The molecule has 19 heavy (non-hydrogen) atoms. The Hall–Kier alpha value is -1.73. The van der Waals surface area contributed by atoms with E-state index in [4.69, 9.17) is 0 Å². The molecule has 94 valence electrons. The number of rotatable bonds is 2. The molecule has 0 fully saturated rings. The van der Waals surface area contributed by atoms with Crippen LogP contribution in [0.25, 0.3) is 16.7 Å². The number of hydrogen-bond acceptors (Lipinski definition) is 1. The SMILES string of the molecule is C/C=C/C=C1/c2ccccc2-c2cccc(SC)c21. The zero-order valence-electron chi connectivity index (χ0n) is 11.2. The first-order valence-electron chi connectivity index (χ1n) is 6.47. The lowest BCUT2D eigenvalue weighted by Crippen LogP contribution is -1.84. The molecule has 0 unspecified atom stereocenters. The van der Waals surface area contributed by atoms with Gasteiger partial charge in [-0.25, -0.2) is 0 Å². The lowest BCUT2D eigenvalue weighted by atomic mass is 10.0. The fraction of sp³-hybridized carbons (Fsp3) is 0.111. The molecule has 0 heterocycles. The summed E-state index contributed by atoms with van der Waals surface area (Å²) in [6, 6.07) is 15.3. The van der Waals surface area contributed by atoms with Crippen molar-refractivity contribution in [1.82, 2.24) is 0 Å². The molecule has 0 amide bonds. The first-order valence-corrected chi connectivity index (χ1v) is 7.69.